The third-order valence-electron chi connectivity index (χ3n) is 7.67. The summed E-state index contributed by atoms with van der Waals surface area (Å²) in [6.45, 7) is 8.65. The third-order valence-corrected chi connectivity index (χ3v) is 7.67. The van der Waals surface area contributed by atoms with Gasteiger partial charge in [0.2, 0.25) is 0 Å². The first-order chi connectivity index (χ1) is 15.7. The molecule has 186 valence electrons. The normalized spacial score (nSPS) is 24.9. The predicted octanol–water partition coefficient (Wildman–Crippen LogP) is 3.93. The minimum Gasteiger partial charge on any atom is -0.381 e. The molecule has 1 aliphatic carbocycles. The van der Waals surface area contributed by atoms with E-state index < -0.39 is 0 Å². The van der Waals surface area contributed by atoms with Crippen molar-refractivity contribution in [1.82, 2.24) is 20.9 Å². The molecule has 2 atom stereocenters. The monoisotopic (exact) mass is 569 g/mol. The fourth-order valence-corrected chi connectivity index (χ4v) is 5.70. The first kappa shape index (κ1) is 26.7. The van der Waals surface area contributed by atoms with E-state index in [4.69, 9.17) is 4.74 Å². The highest BCUT2D eigenvalue weighted by atomic mass is 127. The Hall–Kier alpha value is -0.900. The number of piperidine rings is 1. The highest BCUT2D eigenvalue weighted by molar-refractivity contribution is 14.0. The van der Waals surface area contributed by atoms with Gasteiger partial charge < -0.3 is 25.6 Å². The predicted molar refractivity (Wildman–Crippen MR) is 147 cm³/mol. The number of nitrogens with one attached hydrogen (secondary N) is 3. The topological polar surface area (TPSA) is 60.9 Å². The van der Waals surface area contributed by atoms with Crippen molar-refractivity contribution in [1.29, 1.82) is 0 Å². The summed E-state index contributed by atoms with van der Waals surface area (Å²) < 4.78 is 5.54. The smallest absolute Gasteiger partial charge is 0.191 e. The SMILES string of the molecule is CN=C(NCC1(NC(C)c2ccccc2)CCCC1)NC1CCN(CC2CCOC2)CC1.I. The van der Waals surface area contributed by atoms with Gasteiger partial charge in [0.15, 0.2) is 5.96 Å². The summed E-state index contributed by atoms with van der Waals surface area (Å²) in [5.74, 6) is 1.69. The fraction of sp³-hybridized carbons (Fsp3) is 0.731. The fourth-order valence-electron chi connectivity index (χ4n) is 5.70. The van der Waals surface area contributed by atoms with Crippen LogP contribution in [-0.4, -0.2) is 68.9 Å². The van der Waals surface area contributed by atoms with E-state index in [1.54, 1.807) is 0 Å². The lowest BCUT2D eigenvalue weighted by Crippen LogP contribution is -2.56. The molecule has 2 saturated heterocycles. The molecule has 0 spiro atoms. The molecular weight excluding hydrogens is 525 g/mol. The van der Waals surface area contributed by atoms with Crippen LogP contribution in [0.1, 0.15) is 63.5 Å². The van der Waals surface area contributed by atoms with E-state index in [0.717, 1.165) is 31.6 Å². The summed E-state index contributed by atoms with van der Waals surface area (Å²) >= 11 is 0. The molecule has 2 heterocycles. The molecule has 2 unspecified atom stereocenters. The van der Waals surface area contributed by atoms with Crippen molar-refractivity contribution in [2.75, 3.05) is 46.4 Å². The molecule has 3 aliphatic rings. The number of aliphatic imine (C=N–C) groups is 1. The van der Waals surface area contributed by atoms with Crippen LogP contribution in [0.25, 0.3) is 0 Å². The van der Waals surface area contributed by atoms with E-state index in [1.807, 2.05) is 7.05 Å². The quantitative estimate of drug-likeness (QED) is 0.252. The summed E-state index contributed by atoms with van der Waals surface area (Å²) in [4.78, 5) is 7.17. The molecular formula is C26H44IN5O. The van der Waals surface area contributed by atoms with Gasteiger partial charge in [-0.3, -0.25) is 4.99 Å². The molecule has 1 aromatic rings. The molecule has 3 fully saturated rings. The van der Waals surface area contributed by atoms with Crippen LogP contribution in [0, 0.1) is 5.92 Å². The van der Waals surface area contributed by atoms with Gasteiger partial charge in [-0.25, -0.2) is 0 Å². The average molecular weight is 570 g/mol. The maximum absolute atomic E-state index is 5.54. The van der Waals surface area contributed by atoms with Crippen LogP contribution in [0.4, 0.5) is 0 Å². The number of halogens is 1. The molecule has 6 nitrogen and oxygen atoms in total. The maximum atomic E-state index is 5.54. The van der Waals surface area contributed by atoms with Crippen molar-refractivity contribution < 1.29 is 4.74 Å². The van der Waals surface area contributed by atoms with Gasteiger partial charge in [-0.15, -0.1) is 24.0 Å². The summed E-state index contributed by atoms with van der Waals surface area (Å²) in [5, 5.41) is 11.3. The zero-order valence-corrected chi connectivity index (χ0v) is 22.9. The van der Waals surface area contributed by atoms with Crippen LogP contribution in [0.15, 0.2) is 35.3 Å². The van der Waals surface area contributed by atoms with Gasteiger partial charge in [-0.2, -0.15) is 0 Å². The van der Waals surface area contributed by atoms with Crippen molar-refractivity contribution in [2.45, 2.75) is 69.5 Å². The molecule has 4 rings (SSSR count). The van der Waals surface area contributed by atoms with Crippen LogP contribution in [-0.2, 0) is 4.74 Å². The molecule has 1 aromatic carbocycles. The van der Waals surface area contributed by atoms with Crippen LogP contribution >= 0.6 is 24.0 Å². The number of benzene rings is 1. The minimum absolute atomic E-state index is 0. The minimum atomic E-state index is 0. The molecule has 3 N–H and O–H groups in total. The number of ether oxygens (including phenoxy) is 1. The van der Waals surface area contributed by atoms with E-state index in [1.165, 1.54) is 70.1 Å². The Morgan fingerprint density at radius 1 is 1.15 bits per heavy atom. The largest absolute Gasteiger partial charge is 0.381 e. The standard InChI is InChI=1S/C26H43N5O.HI/c1-21(23-8-4-3-5-9-23)30-26(13-6-7-14-26)20-28-25(27-2)29-24-10-15-31(16-11-24)18-22-12-17-32-19-22;/h3-5,8-9,21-22,24,30H,6-7,10-20H2,1-2H3,(H2,27,28,29);1H. The van der Waals surface area contributed by atoms with Crippen LogP contribution in [0.5, 0.6) is 0 Å². The Labute approximate surface area is 217 Å². The summed E-state index contributed by atoms with van der Waals surface area (Å²) in [6, 6.07) is 11.7. The van der Waals surface area contributed by atoms with Gasteiger partial charge in [0.25, 0.3) is 0 Å². The number of likely N-dealkylation sites (tertiary alicyclic amines) is 1. The average Bonchev–Trinajstić information content (AvgIpc) is 3.51. The van der Waals surface area contributed by atoms with Gasteiger partial charge in [-0.05, 0) is 50.5 Å². The summed E-state index contributed by atoms with van der Waals surface area (Å²) in [6.07, 6.45) is 8.63. The Morgan fingerprint density at radius 2 is 1.88 bits per heavy atom. The van der Waals surface area contributed by atoms with Crippen molar-refractivity contribution in [2.24, 2.45) is 10.9 Å². The second kappa shape index (κ2) is 13.3. The number of hydrogen-bond acceptors (Lipinski definition) is 4. The summed E-state index contributed by atoms with van der Waals surface area (Å²) in [7, 11) is 1.89. The molecule has 0 bridgehead atoms. The Bertz CT molecular complexity index is 711. The van der Waals surface area contributed by atoms with Crippen molar-refractivity contribution >= 4 is 29.9 Å². The van der Waals surface area contributed by atoms with Crippen molar-refractivity contribution in [3.05, 3.63) is 35.9 Å². The first-order valence-electron chi connectivity index (χ1n) is 12.8. The maximum Gasteiger partial charge on any atom is 0.191 e. The molecule has 0 amide bonds. The lowest BCUT2D eigenvalue weighted by Gasteiger charge is -2.36. The van der Waals surface area contributed by atoms with E-state index >= 15 is 0 Å². The van der Waals surface area contributed by atoms with Gasteiger partial charge >= 0.3 is 0 Å². The van der Waals surface area contributed by atoms with Gasteiger partial charge in [-0.1, -0.05) is 43.2 Å². The highest BCUT2D eigenvalue weighted by Crippen LogP contribution is 2.32. The molecule has 1 saturated carbocycles. The molecule has 7 heteroatoms. The molecule has 0 radical (unpaired) electrons. The van der Waals surface area contributed by atoms with Crippen LogP contribution in [0.2, 0.25) is 0 Å². The zero-order valence-electron chi connectivity index (χ0n) is 20.5. The van der Waals surface area contributed by atoms with Gasteiger partial charge in [0, 0.05) is 57.5 Å². The first-order valence-corrected chi connectivity index (χ1v) is 12.8. The van der Waals surface area contributed by atoms with E-state index in [-0.39, 0.29) is 29.5 Å². The second-order valence-corrected chi connectivity index (χ2v) is 10.1. The Morgan fingerprint density at radius 3 is 2.52 bits per heavy atom. The van der Waals surface area contributed by atoms with Gasteiger partial charge in [0.1, 0.15) is 0 Å². The van der Waals surface area contributed by atoms with Crippen LogP contribution < -0.4 is 16.0 Å². The Balaban J connectivity index is 0.00000306. The lowest BCUT2D eigenvalue weighted by molar-refractivity contribution is 0.150. The third kappa shape index (κ3) is 7.80. The number of rotatable bonds is 8. The lowest BCUT2D eigenvalue weighted by atomic mass is 9.94. The molecule has 0 aromatic heterocycles. The number of nitrogens with zero attached hydrogens (tertiary/aromatic N) is 2. The summed E-state index contributed by atoms with van der Waals surface area (Å²) in [5.41, 5.74) is 1.50. The van der Waals surface area contributed by atoms with Crippen LogP contribution in [0.3, 0.4) is 0 Å². The van der Waals surface area contributed by atoms with Gasteiger partial charge in [0.05, 0.1) is 6.61 Å². The zero-order chi connectivity index (χ0) is 22.2. The van der Waals surface area contributed by atoms with E-state index in [9.17, 15) is 0 Å². The van der Waals surface area contributed by atoms with Crippen molar-refractivity contribution in [3.8, 4) is 0 Å². The van der Waals surface area contributed by atoms with E-state index in [0.29, 0.717) is 12.1 Å². The number of guanidine groups is 1. The Kier molecular flexibility index (Phi) is 10.7. The highest BCUT2D eigenvalue weighted by Gasteiger charge is 2.35. The number of hydrogen-bond donors (Lipinski definition) is 3. The molecule has 2 aliphatic heterocycles. The van der Waals surface area contributed by atoms with E-state index in [2.05, 4.69) is 63.1 Å². The second-order valence-electron chi connectivity index (χ2n) is 10.1. The molecule has 33 heavy (non-hydrogen) atoms. The van der Waals surface area contributed by atoms with Crippen molar-refractivity contribution in [3.63, 3.8) is 0 Å².